The summed E-state index contributed by atoms with van der Waals surface area (Å²) in [5.74, 6) is 1.83. The van der Waals surface area contributed by atoms with Crippen LogP contribution in [0, 0.1) is 0 Å². The van der Waals surface area contributed by atoms with Gasteiger partial charge in [-0.2, -0.15) is 0 Å². The molecule has 3 rings (SSSR count). The average molecular weight is 311 g/mol. The topological polar surface area (TPSA) is 37.8 Å². The lowest BCUT2D eigenvalue weighted by Crippen LogP contribution is -2.10. The van der Waals surface area contributed by atoms with Gasteiger partial charge in [0.1, 0.15) is 0 Å². The van der Waals surface area contributed by atoms with E-state index in [0.717, 1.165) is 13.1 Å². The van der Waals surface area contributed by atoms with Crippen molar-refractivity contribution < 1.29 is 0 Å². The zero-order valence-corrected chi connectivity index (χ0v) is 14.8. The zero-order chi connectivity index (χ0) is 16.7. The van der Waals surface area contributed by atoms with E-state index >= 15 is 0 Å². The van der Waals surface area contributed by atoms with Gasteiger partial charge in [-0.15, -0.1) is 0 Å². The molecule has 1 atom stereocenters. The monoisotopic (exact) mass is 311 g/mol. The molecule has 2 aromatic rings. The third-order valence-corrected chi connectivity index (χ3v) is 4.29. The smallest absolute Gasteiger partial charge is 0.0464 e. The lowest BCUT2D eigenvalue weighted by atomic mass is 9.92. The Kier molecular flexibility index (Phi) is 6.72. The first kappa shape index (κ1) is 17.6. The van der Waals surface area contributed by atoms with Gasteiger partial charge in [0.05, 0.1) is 0 Å². The Labute approximate surface area is 140 Å². The van der Waals surface area contributed by atoms with E-state index in [-0.39, 0.29) is 0 Å². The highest BCUT2D eigenvalue weighted by Crippen LogP contribution is 2.28. The van der Waals surface area contributed by atoms with Crippen LogP contribution in [0.3, 0.4) is 0 Å². The van der Waals surface area contributed by atoms with E-state index in [1.807, 2.05) is 30.7 Å². The van der Waals surface area contributed by atoms with Gasteiger partial charge in [-0.05, 0) is 60.0 Å². The van der Waals surface area contributed by atoms with E-state index in [1.165, 1.54) is 23.2 Å². The first-order valence-electron chi connectivity index (χ1n) is 8.65. The standard InChI is InChI=1S/C12H18N2.C8H11N/c1-9(2)12-11(4-3-6-14-12)10-5-7-13-8-10;1-7(2)8-3-5-9-6-4-8/h3-4,6,9-10,13H,5,7-8H2,1-2H3;3-7H,1-2H3. The molecule has 0 spiro atoms. The predicted molar refractivity (Wildman–Crippen MR) is 96.9 cm³/mol. The molecular weight excluding hydrogens is 282 g/mol. The molecule has 1 N–H and O–H groups in total. The Morgan fingerprint density at radius 3 is 2.26 bits per heavy atom. The fraction of sp³-hybridized carbons (Fsp3) is 0.500. The number of nitrogens with zero attached hydrogens (tertiary/aromatic N) is 2. The Morgan fingerprint density at radius 2 is 1.74 bits per heavy atom. The van der Waals surface area contributed by atoms with Gasteiger partial charge in [0.15, 0.2) is 0 Å². The van der Waals surface area contributed by atoms with E-state index in [0.29, 0.717) is 17.8 Å². The SMILES string of the molecule is CC(C)c1ccncc1.CC(C)c1ncccc1C1CCNC1. The molecule has 0 amide bonds. The van der Waals surface area contributed by atoms with E-state index in [9.17, 15) is 0 Å². The Balaban J connectivity index is 0.000000185. The van der Waals surface area contributed by atoms with Crippen molar-refractivity contribution in [3.63, 3.8) is 0 Å². The van der Waals surface area contributed by atoms with E-state index in [1.54, 1.807) is 0 Å². The Morgan fingerprint density at radius 1 is 1.00 bits per heavy atom. The molecule has 3 nitrogen and oxygen atoms in total. The number of rotatable bonds is 3. The quantitative estimate of drug-likeness (QED) is 0.907. The van der Waals surface area contributed by atoms with Crippen molar-refractivity contribution in [3.8, 4) is 0 Å². The molecule has 0 radical (unpaired) electrons. The largest absolute Gasteiger partial charge is 0.316 e. The maximum absolute atomic E-state index is 4.50. The van der Waals surface area contributed by atoms with Crippen molar-refractivity contribution in [2.75, 3.05) is 13.1 Å². The van der Waals surface area contributed by atoms with Gasteiger partial charge in [-0.3, -0.25) is 9.97 Å². The molecule has 0 bridgehead atoms. The maximum Gasteiger partial charge on any atom is 0.0464 e. The first-order valence-corrected chi connectivity index (χ1v) is 8.65. The number of aromatic nitrogens is 2. The average Bonchev–Trinajstić information content (AvgIpc) is 3.10. The minimum Gasteiger partial charge on any atom is -0.316 e. The van der Waals surface area contributed by atoms with Crippen LogP contribution >= 0.6 is 0 Å². The predicted octanol–water partition coefficient (Wildman–Crippen LogP) is 4.49. The summed E-state index contributed by atoms with van der Waals surface area (Å²) in [5.41, 5.74) is 4.08. The molecule has 3 heteroatoms. The van der Waals surface area contributed by atoms with Crippen molar-refractivity contribution in [2.24, 2.45) is 0 Å². The highest BCUT2D eigenvalue weighted by Gasteiger charge is 2.20. The van der Waals surface area contributed by atoms with Crippen LogP contribution in [-0.2, 0) is 0 Å². The summed E-state index contributed by atoms with van der Waals surface area (Å²) in [6.45, 7) is 11.1. The van der Waals surface area contributed by atoms with E-state index < -0.39 is 0 Å². The van der Waals surface area contributed by atoms with Gasteiger partial charge in [-0.1, -0.05) is 33.8 Å². The molecule has 2 aromatic heterocycles. The number of nitrogens with one attached hydrogen (secondary N) is 1. The lowest BCUT2D eigenvalue weighted by molar-refractivity contribution is 0.712. The molecule has 0 aliphatic carbocycles. The van der Waals surface area contributed by atoms with Crippen LogP contribution in [0.25, 0.3) is 0 Å². The van der Waals surface area contributed by atoms with Crippen LogP contribution in [0.2, 0.25) is 0 Å². The van der Waals surface area contributed by atoms with Gasteiger partial charge in [0.2, 0.25) is 0 Å². The molecule has 1 aliphatic rings. The second-order valence-corrected chi connectivity index (χ2v) is 6.76. The van der Waals surface area contributed by atoms with Gasteiger partial charge >= 0.3 is 0 Å². The summed E-state index contributed by atoms with van der Waals surface area (Å²) in [6.07, 6.45) is 6.82. The van der Waals surface area contributed by atoms with Gasteiger partial charge in [0.25, 0.3) is 0 Å². The third-order valence-electron chi connectivity index (χ3n) is 4.29. The molecule has 1 saturated heterocycles. The number of hydrogen-bond acceptors (Lipinski definition) is 3. The van der Waals surface area contributed by atoms with Gasteiger partial charge < -0.3 is 5.32 Å². The molecule has 1 unspecified atom stereocenters. The summed E-state index contributed by atoms with van der Waals surface area (Å²) in [5, 5.41) is 3.41. The first-order chi connectivity index (χ1) is 11.1. The molecule has 124 valence electrons. The fourth-order valence-corrected chi connectivity index (χ4v) is 2.93. The molecule has 3 heterocycles. The summed E-state index contributed by atoms with van der Waals surface area (Å²) in [4.78, 5) is 8.42. The maximum atomic E-state index is 4.50. The van der Waals surface area contributed by atoms with E-state index in [2.05, 4.69) is 55.1 Å². The molecule has 1 fully saturated rings. The van der Waals surface area contributed by atoms with Gasteiger partial charge in [0, 0.05) is 30.8 Å². The second kappa shape index (κ2) is 8.78. The summed E-state index contributed by atoms with van der Waals surface area (Å²) in [7, 11) is 0. The van der Waals surface area contributed by atoms with Crippen molar-refractivity contribution in [1.82, 2.24) is 15.3 Å². The molecule has 1 aliphatic heterocycles. The van der Waals surface area contributed by atoms with Crippen molar-refractivity contribution in [3.05, 3.63) is 59.7 Å². The molecular formula is C20H29N3. The van der Waals surface area contributed by atoms with Crippen LogP contribution in [0.1, 0.15) is 68.7 Å². The minimum absolute atomic E-state index is 0.534. The Bertz CT molecular complexity index is 572. The normalized spacial score (nSPS) is 17.2. The van der Waals surface area contributed by atoms with Crippen LogP contribution in [-0.4, -0.2) is 23.1 Å². The number of pyridine rings is 2. The summed E-state index contributed by atoms with van der Waals surface area (Å²) in [6, 6.07) is 8.38. The van der Waals surface area contributed by atoms with Crippen molar-refractivity contribution in [2.45, 2.75) is 51.9 Å². The third kappa shape index (κ3) is 5.14. The van der Waals surface area contributed by atoms with Crippen LogP contribution in [0.15, 0.2) is 42.9 Å². The molecule has 23 heavy (non-hydrogen) atoms. The lowest BCUT2D eigenvalue weighted by Gasteiger charge is -2.15. The molecule has 0 saturated carbocycles. The highest BCUT2D eigenvalue weighted by atomic mass is 14.9. The van der Waals surface area contributed by atoms with E-state index in [4.69, 9.17) is 0 Å². The Hall–Kier alpha value is -1.74. The summed E-state index contributed by atoms with van der Waals surface area (Å²) < 4.78 is 0. The molecule has 0 aromatic carbocycles. The second-order valence-electron chi connectivity index (χ2n) is 6.76. The van der Waals surface area contributed by atoms with Crippen molar-refractivity contribution >= 4 is 0 Å². The summed E-state index contributed by atoms with van der Waals surface area (Å²) >= 11 is 0. The van der Waals surface area contributed by atoms with Gasteiger partial charge in [-0.25, -0.2) is 0 Å². The van der Waals surface area contributed by atoms with Crippen molar-refractivity contribution in [1.29, 1.82) is 0 Å². The van der Waals surface area contributed by atoms with Crippen LogP contribution in [0.5, 0.6) is 0 Å². The number of hydrogen-bond donors (Lipinski definition) is 1. The minimum atomic E-state index is 0.534. The highest BCUT2D eigenvalue weighted by molar-refractivity contribution is 5.27. The van der Waals surface area contributed by atoms with Crippen LogP contribution < -0.4 is 5.32 Å². The van der Waals surface area contributed by atoms with Crippen LogP contribution in [0.4, 0.5) is 0 Å². The zero-order valence-electron chi connectivity index (χ0n) is 14.8. The fourth-order valence-electron chi connectivity index (χ4n) is 2.93.